The van der Waals surface area contributed by atoms with Gasteiger partial charge in [-0.05, 0) is 31.9 Å². The summed E-state index contributed by atoms with van der Waals surface area (Å²) in [5.74, 6) is 0.312. The average molecular weight is 340 g/mol. The fourth-order valence-electron chi connectivity index (χ4n) is 3.50. The van der Waals surface area contributed by atoms with Crippen molar-refractivity contribution in [1.29, 1.82) is 0 Å². The molecule has 7 nitrogen and oxygen atoms in total. The lowest BCUT2D eigenvalue weighted by Crippen LogP contribution is -2.45. The second kappa shape index (κ2) is 6.60. The highest BCUT2D eigenvalue weighted by Crippen LogP contribution is 2.20. The third-order valence-electron chi connectivity index (χ3n) is 4.94. The molecule has 2 aliphatic heterocycles. The Morgan fingerprint density at radius 3 is 2.87 bits per heavy atom. The van der Waals surface area contributed by atoms with Gasteiger partial charge >= 0.3 is 0 Å². The summed E-state index contributed by atoms with van der Waals surface area (Å²) in [6.45, 7) is 2.06. The van der Waals surface area contributed by atoms with E-state index in [1.165, 1.54) is 0 Å². The van der Waals surface area contributed by atoms with Crippen LogP contribution in [0.15, 0.2) is 18.5 Å². The van der Waals surface area contributed by atoms with Crippen LogP contribution in [0.2, 0.25) is 0 Å². The van der Waals surface area contributed by atoms with Crippen LogP contribution in [-0.2, 0) is 21.2 Å². The van der Waals surface area contributed by atoms with Crippen LogP contribution in [0.3, 0.4) is 0 Å². The maximum absolute atomic E-state index is 12.5. The molecule has 128 valence electrons. The summed E-state index contributed by atoms with van der Waals surface area (Å²) >= 11 is 0. The van der Waals surface area contributed by atoms with E-state index in [2.05, 4.69) is 10.00 Å². The van der Waals surface area contributed by atoms with Gasteiger partial charge in [-0.3, -0.25) is 14.4 Å². The van der Waals surface area contributed by atoms with Crippen LogP contribution in [0.5, 0.6) is 0 Å². The van der Waals surface area contributed by atoms with Crippen LogP contribution in [-0.4, -0.2) is 77.6 Å². The predicted octanol–water partition coefficient (Wildman–Crippen LogP) is -0.00700. The van der Waals surface area contributed by atoms with E-state index in [1.807, 2.05) is 16.9 Å². The summed E-state index contributed by atoms with van der Waals surface area (Å²) < 4.78 is 25.1. The summed E-state index contributed by atoms with van der Waals surface area (Å²) in [4.78, 5) is 16.3. The predicted molar refractivity (Wildman–Crippen MR) is 86.7 cm³/mol. The lowest BCUT2D eigenvalue weighted by molar-refractivity contribution is -0.133. The number of carbonyl (C=O) groups is 1. The summed E-state index contributed by atoms with van der Waals surface area (Å²) in [5, 5.41) is 4.24. The molecule has 2 fully saturated rings. The molecule has 1 aromatic rings. The first kappa shape index (κ1) is 16.4. The van der Waals surface area contributed by atoms with E-state index in [-0.39, 0.29) is 23.5 Å². The van der Waals surface area contributed by atoms with Crippen LogP contribution >= 0.6 is 0 Å². The third kappa shape index (κ3) is 3.92. The standard InChI is InChI=1S/C15H24N4O3S/c1-17(14-5-9-23(21,22)12-14)15(20)11-18-7-2-4-13(18)10-19-8-3-6-16-19/h3,6,8,13-14H,2,4-5,7,9-12H2,1H3/t13-,14-/m0/s1. The van der Waals surface area contributed by atoms with Crippen molar-refractivity contribution in [3.05, 3.63) is 18.5 Å². The van der Waals surface area contributed by atoms with Crippen molar-refractivity contribution in [2.24, 2.45) is 0 Å². The SMILES string of the molecule is CN(C(=O)CN1CCC[C@H]1Cn1cccn1)[C@H]1CCS(=O)(=O)C1. The van der Waals surface area contributed by atoms with E-state index in [0.29, 0.717) is 19.0 Å². The van der Waals surface area contributed by atoms with Crippen LogP contribution in [0.4, 0.5) is 0 Å². The van der Waals surface area contributed by atoms with Crippen molar-refractivity contribution in [3.63, 3.8) is 0 Å². The molecule has 0 radical (unpaired) electrons. The smallest absolute Gasteiger partial charge is 0.236 e. The fourth-order valence-corrected chi connectivity index (χ4v) is 5.28. The van der Waals surface area contributed by atoms with Gasteiger partial charge in [0.05, 0.1) is 24.6 Å². The van der Waals surface area contributed by atoms with Crippen molar-refractivity contribution >= 4 is 15.7 Å². The summed E-state index contributed by atoms with van der Waals surface area (Å²) in [6, 6.07) is 2.05. The van der Waals surface area contributed by atoms with Gasteiger partial charge in [-0.2, -0.15) is 5.10 Å². The number of nitrogens with zero attached hydrogens (tertiary/aromatic N) is 4. The highest BCUT2D eigenvalue weighted by molar-refractivity contribution is 7.91. The van der Waals surface area contributed by atoms with Crippen LogP contribution in [0.1, 0.15) is 19.3 Å². The molecule has 1 amide bonds. The van der Waals surface area contributed by atoms with Gasteiger partial charge < -0.3 is 4.90 Å². The first-order valence-electron chi connectivity index (χ1n) is 8.12. The summed E-state index contributed by atoms with van der Waals surface area (Å²) in [7, 11) is -1.24. The van der Waals surface area contributed by atoms with Crippen molar-refractivity contribution in [1.82, 2.24) is 19.6 Å². The molecule has 3 rings (SSSR count). The van der Waals surface area contributed by atoms with E-state index in [1.54, 1.807) is 18.1 Å². The second-order valence-corrected chi connectivity index (χ2v) is 8.78. The Hall–Kier alpha value is -1.41. The zero-order chi connectivity index (χ0) is 16.4. The molecule has 0 unspecified atom stereocenters. The summed E-state index contributed by atoms with van der Waals surface area (Å²) in [6.07, 6.45) is 6.41. The molecule has 0 N–H and O–H groups in total. The highest BCUT2D eigenvalue weighted by atomic mass is 32.2. The highest BCUT2D eigenvalue weighted by Gasteiger charge is 2.34. The van der Waals surface area contributed by atoms with Crippen molar-refractivity contribution in [2.45, 2.75) is 37.9 Å². The molecule has 0 aliphatic carbocycles. The molecule has 2 saturated heterocycles. The molecule has 0 bridgehead atoms. The number of rotatable bonds is 5. The number of amides is 1. The first-order chi connectivity index (χ1) is 10.9. The number of sulfone groups is 1. The van der Waals surface area contributed by atoms with Gasteiger partial charge in [0, 0.05) is 31.5 Å². The Morgan fingerprint density at radius 1 is 1.39 bits per heavy atom. The number of likely N-dealkylation sites (N-methyl/N-ethyl adjacent to an activating group) is 1. The molecule has 23 heavy (non-hydrogen) atoms. The lowest BCUT2D eigenvalue weighted by atomic mass is 10.2. The molecule has 8 heteroatoms. The molecule has 2 atom stereocenters. The Bertz CT molecular complexity index is 644. The van der Waals surface area contributed by atoms with E-state index in [0.717, 1.165) is 25.9 Å². The normalized spacial score (nSPS) is 27.3. The first-order valence-corrected chi connectivity index (χ1v) is 9.94. The lowest BCUT2D eigenvalue weighted by Gasteiger charge is -2.29. The largest absolute Gasteiger partial charge is 0.341 e. The minimum atomic E-state index is -2.97. The van der Waals surface area contributed by atoms with Gasteiger partial charge in [-0.25, -0.2) is 8.42 Å². The zero-order valence-electron chi connectivity index (χ0n) is 13.5. The molecule has 0 aromatic carbocycles. The average Bonchev–Trinajstić information content (AvgIpc) is 3.21. The van der Waals surface area contributed by atoms with E-state index in [9.17, 15) is 13.2 Å². The van der Waals surface area contributed by atoms with E-state index in [4.69, 9.17) is 0 Å². The topological polar surface area (TPSA) is 75.5 Å². The van der Waals surface area contributed by atoms with Gasteiger partial charge in [0.25, 0.3) is 0 Å². The minimum Gasteiger partial charge on any atom is -0.341 e. The third-order valence-corrected chi connectivity index (χ3v) is 6.69. The molecular weight excluding hydrogens is 316 g/mol. The van der Waals surface area contributed by atoms with Crippen molar-refractivity contribution in [2.75, 3.05) is 31.6 Å². The number of hydrogen-bond donors (Lipinski definition) is 0. The maximum Gasteiger partial charge on any atom is 0.236 e. The Balaban J connectivity index is 1.56. The molecule has 1 aromatic heterocycles. The summed E-state index contributed by atoms with van der Waals surface area (Å²) in [5.41, 5.74) is 0. The molecular formula is C15H24N4O3S. The molecule has 0 spiro atoms. The number of carbonyl (C=O) groups excluding carboxylic acids is 1. The fraction of sp³-hybridized carbons (Fsp3) is 0.733. The monoisotopic (exact) mass is 340 g/mol. The van der Waals surface area contributed by atoms with Gasteiger partial charge in [-0.15, -0.1) is 0 Å². The minimum absolute atomic E-state index is 0.0134. The second-order valence-electron chi connectivity index (χ2n) is 6.56. The molecule has 2 aliphatic rings. The van der Waals surface area contributed by atoms with E-state index >= 15 is 0 Å². The molecule has 0 saturated carbocycles. The number of hydrogen-bond acceptors (Lipinski definition) is 5. The Kier molecular flexibility index (Phi) is 4.72. The molecule has 3 heterocycles. The van der Waals surface area contributed by atoms with Crippen LogP contribution in [0.25, 0.3) is 0 Å². The maximum atomic E-state index is 12.5. The number of aromatic nitrogens is 2. The zero-order valence-corrected chi connectivity index (χ0v) is 14.3. The van der Waals surface area contributed by atoms with Gasteiger partial charge in [0.2, 0.25) is 5.91 Å². The van der Waals surface area contributed by atoms with Gasteiger partial charge in [-0.1, -0.05) is 0 Å². The number of likely N-dealkylation sites (tertiary alicyclic amines) is 1. The Labute approximate surface area is 137 Å². The van der Waals surface area contributed by atoms with E-state index < -0.39 is 9.84 Å². The van der Waals surface area contributed by atoms with Crippen molar-refractivity contribution < 1.29 is 13.2 Å². The van der Waals surface area contributed by atoms with Crippen molar-refractivity contribution in [3.8, 4) is 0 Å². The van der Waals surface area contributed by atoms with Crippen LogP contribution < -0.4 is 0 Å². The Morgan fingerprint density at radius 2 is 2.22 bits per heavy atom. The quantitative estimate of drug-likeness (QED) is 0.754. The van der Waals surface area contributed by atoms with Crippen LogP contribution in [0, 0.1) is 0 Å². The van der Waals surface area contributed by atoms with Gasteiger partial charge in [0.1, 0.15) is 0 Å². The van der Waals surface area contributed by atoms with Gasteiger partial charge in [0.15, 0.2) is 9.84 Å².